The second kappa shape index (κ2) is 7.78. The SMILES string of the molecule is O=C1CCCN1c1ccc(CNCc2ccc(OC(F)(F)F)cc2)cc1. The summed E-state index contributed by atoms with van der Waals surface area (Å²) in [7, 11) is 0. The highest BCUT2D eigenvalue weighted by Gasteiger charge is 2.30. The van der Waals surface area contributed by atoms with Crippen LogP contribution < -0.4 is 15.0 Å². The van der Waals surface area contributed by atoms with Crippen LogP contribution in [0.4, 0.5) is 18.9 Å². The molecule has 0 unspecified atom stereocenters. The quantitative estimate of drug-likeness (QED) is 0.842. The van der Waals surface area contributed by atoms with Crippen LogP contribution in [0, 0.1) is 0 Å². The minimum absolute atomic E-state index is 0.161. The molecule has 1 aliphatic rings. The van der Waals surface area contributed by atoms with E-state index in [1.807, 2.05) is 24.3 Å². The van der Waals surface area contributed by atoms with Crippen molar-refractivity contribution >= 4 is 11.6 Å². The van der Waals surface area contributed by atoms with Crippen molar-refractivity contribution in [3.8, 4) is 5.75 Å². The predicted molar refractivity (Wildman–Crippen MR) is 91.7 cm³/mol. The maximum Gasteiger partial charge on any atom is 0.573 e. The molecule has 0 spiro atoms. The fourth-order valence-electron chi connectivity index (χ4n) is 2.88. The first kappa shape index (κ1) is 18.3. The number of hydrogen-bond acceptors (Lipinski definition) is 3. The van der Waals surface area contributed by atoms with E-state index in [9.17, 15) is 18.0 Å². The van der Waals surface area contributed by atoms with Crippen LogP contribution in [0.3, 0.4) is 0 Å². The predicted octanol–water partition coefficient (Wildman–Crippen LogP) is 4.00. The van der Waals surface area contributed by atoms with Crippen LogP contribution in [0.1, 0.15) is 24.0 Å². The normalized spacial score (nSPS) is 14.7. The number of nitrogens with one attached hydrogen (secondary N) is 1. The Bertz CT molecular complexity index is 743. The molecule has 1 fully saturated rings. The van der Waals surface area contributed by atoms with Gasteiger partial charge in [-0.25, -0.2) is 0 Å². The molecule has 26 heavy (non-hydrogen) atoms. The molecular formula is C19H19F3N2O2. The summed E-state index contributed by atoms with van der Waals surface area (Å²) in [5, 5.41) is 3.24. The van der Waals surface area contributed by atoms with E-state index in [1.165, 1.54) is 12.1 Å². The largest absolute Gasteiger partial charge is 0.573 e. The molecule has 1 N–H and O–H groups in total. The number of ether oxygens (including phenoxy) is 1. The van der Waals surface area contributed by atoms with Crippen molar-refractivity contribution in [2.24, 2.45) is 0 Å². The number of amides is 1. The van der Waals surface area contributed by atoms with Crippen LogP contribution in [0.25, 0.3) is 0 Å². The summed E-state index contributed by atoms with van der Waals surface area (Å²) in [6, 6.07) is 13.6. The van der Waals surface area contributed by atoms with Gasteiger partial charge in [-0.2, -0.15) is 0 Å². The number of carbonyl (C=O) groups excluding carboxylic acids is 1. The zero-order chi connectivity index (χ0) is 18.6. The second-order valence-corrected chi connectivity index (χ2v) is 6.11. The second-order valence-electron chi connectivity index (χ2n) is 6.11. The molecule has 0 atom stereocenters. The Morgan fingerprint density at radius 3 is 2.04 bits per heavy atom. The van der Waals surface area contributed by atoms with Gasteiger partial charge < -0.3 is 15.0 Å². The van der Waals surface area contributed by atoms with Crippen molar-refractivity contribution in [2.75, 3.05) is 11.4 Å². The molecule has 0 saturated carbocycles. The molecule has 7 heteroatoms. The molecular weight excluding hydrogens is 345 g/mol. The van der Waals surface area contributed by atoms with E-state index in [0.29, 0.717) is 19.5 Å². The smallest absolute Gasteiger partial charge is 0.406 e. The Labute approximate surface area is 149 Å². The number of rotatable bonds is 6. The van der Waals surface area contributed by atoms with E-state index in [1.54, 1.807) is 17.0 Å². The van der Waals surface area contributed by atoms with E-state index >= 15 is 0 Å². The van der Waals surface area contributed by atoms with Gasteiger partial charge in [0, 0.05) is 31.7 Å². The molecule has 0 aromatic heterocycles. The van der Waals surface area contributed by atoms with E-state index in [-0.39, 0.29) is 11.7 Å². The van der Waals surface area contributed by atoms with Crippen LogP contribution in [-0.4, -0.2) is 18.8 Å². The lowest BCUT2D eigenvalue weighted by atomic mass is 10.1. The molecule has 1 heterocycles. The standard InChI is InChI=1S/C19H19F3N2O2/c20-19(21,22)26-17-9-5-15(6-10-17)13-23-12-14-3-7-16(8-4-14)24-11-1-2-18(24)25/h3-10,23H,1-2,11-13H2. The molecule has 1 aliphatic heterocycles. The average Bonchev–Trinajstić information content (AvgIpc) is 3.02. The Morgan fingerprint density at radius 2 is 1.54 bits per heavy atom. The van der Waals surface area contributed by atoms with Gasteiger partial charge >= 0.3 is 6.36 Å². The van der Waals surface area contributed by atoms with Crippen molar-refractivity contribution in [3.05, 3.63) is 59.7 Å². The highest BCUT2D eigenvalue weighted by Crippen LogP contribution is 2.23. The molecule has 1 amide bonds. The maximum atomic E-state index is 12.1. The monoisotopic (exact) mass is 364 g/mol. The summed E-state index contributed by atoms with van der Waals surface area (Å²) >= 11 is 0. The Hall–Kier alpha value is -2.54. The molecule has 1 saturated heterocycles. The Morgan fingerprint density at radius 1 is 0.962 bits per heavy atom. The van der Waals surface area contributed by atoms with E-state index in [0.717, 1.165) is 29.8 Å². The minimum atomic E-state index is -4.67. The van der Waals surface area contributed by atoms with Crippen molar-refractivity contribution in [1.29, 1.82) is 0 Å². The highest BCUT2D eigenvalue weighted by atomic mass is 19.4. The van der Waals surface area contributed by atoms with Crippen LogP contribution in [0.5, 0.6) is 5.75 Å². The van der Waals surface area contributed by atoms with Gasteiger partial charge in [0.1, 0.15) is 5.75 Å². The Kier molecular flexibility index (Phi) is 5.46. The van der Waals surface area contributed by atoms with Gasteiger partial charge in [0.05, 0.1) is 0 Å². The van der Waals surface area contributed by atoms with Gasteiger partial charge in [-0.1, -0.05) is 24.3 Å². The van der Waals surface area contributed by atoms with Crippen LogP contribution in [0.15, 0.2) is 48.5 Å². The summed E-state index contributed by atoms with van der Waals surface area (Å²) in [6.45, 7) is 1.91. The molecule has 0 aliphatic carbocycles. The van der Waals surface area contributed by atoms with Gasteiger partial charge in [-0.05, 0) is 41.8 Å². The summed E-state index contributed by atoms with van der Waals surface area (Å²) in [4.78, 5) is 13.5. The number of alkyl halides is 3. The Balaban J connectivity index is 1.48. The third kappa shape index (κ3) is 4.98. The summed E-state index contributed by atoms with van der Waals surface area (Å²) in [5.41, 5.74) is 2.84. The summed E-state index contributed by atoms with van der Waals surface area (Å²) in [6.07, 6.45) is -3.17. The molecule has 3 rings (SSSR count). The van der Waals surface area contributed by atoms with Crippen molar-refractivity contribution in [3.63, 3.8) is 0 Å². The van der Waals surface area contributed by atoms with E-state index in [2.05, 4.69) is 10.1 Å². The van der Waals surface area contributed by atoms with Crippen LogP contribution in [-0.2, 0) is 17.9 Å². The van der Waals surface area contributed by atoms with Crippen LogP contribution in [0.2, 0.25) is 0 Å². The first-order chi connectivity index (χ1) is 12.4. The number of nitrogens with zero attached hydrogens (tertiary/aromatic N) is 1. The molecule has 0 radical (unpaired) electrons. The van der Waals surface area contributed by atoms with Gasteiger partial charge in [0.15, 0.2) is 0 Å². The van der Waals surface area contributed by atoms with Gasteiger partial charge in [-0.3, -0.25) is 4.79 Å². The fourth-order valence-corrected chi connectivity index (χ4v) is 2.88. The highest BCUT2D eigenvalue weighted by molar-refractivity contribution is 5.95. The topological polar surface area (TPSA) is 41.6 Å². The van der Waals surface area contributed by atoms with Gasteiger partial charge in [0.25, 0.3) is 0 Å². The third-order valence-electron chi connectivity index (χ3n) is 4.14. The van der Waals surface area contributed by atoms with Crippen molar-refractivity contribution in [1.82, 2.24) is 5.32 Å². The third-order valence-corrected chi connectivity index (χ3v) is 4.14. The number of anilines is 1. The van der Waals surface area contributed by atoms with Crippen molar-refractivity contribution in [2.45, 2.75) is 32.3 Å². The van der Waals surface area contributed by atoms with Crippen molar-refractivity contribution < 1.29 is 22.7 Å². The molecule has 0 bridgehead atoms. The first-order valence-electron chi connectivity index (χ1n) is 8.35. The minimum Gasteiger partial charge on any atom is -0.406 e. The first-order valence-corrected chi connectivity index (χ1v) is 8.35. The van der Waals surface area contributed by atoms with E-state index in [4.69, 9.17) is 0 Å². The van der Waals surface area contributed by atoms with Crippen LogP contribution >= 0.6 is 0 Å². The lowest BCUT2D eigenvalue weighted by Crippen LogP contribution is -2.23. The number of carbonyl (C=O) groups is 1. The number of benzene rings is 2. The summed E-state index contributed by atoms with van der Waals surface area (Å²) < 4.78 is 40.2. The lowest BCUT2D eigenvalue weighted by molar-refractivity contribution is -0.274. The molecule has 4 nitrogen and oxygen atoms in total. The van der Waals surface area contributed by atoms with Gasteiger partial charge in [0.2, 0.25) is 5.91 Å². The molecule has 138 valence electrons. The molecule has 2 aromatic rings. The lowest BCUT2D eigenvalue weighted by Gasteiger charge is -2.16. The molecule has 2 aromatic carbocycles. The maximum absolute atomic E-state index is 12.1. The number of halogens is 3. The fraction of sp³-hybridized carbons (Fsp3) is 0.316. The van der Waals surface area contributed by atoms with Gasteiger partial charge in [-0.15, -0.1) is 13.2 Å². The number of hydrogen-bond donors (Lipinski definition) is 1. The zero-order valence-corrected chi connectivity index (χ0v) is 14.1. The average molecular weight is 364 g/mol. The zero-order valence-electron chi connectivity index (χ0n) is 14.1. The van der Waals surface area contributed by atoms with E-state index < -0.39 is 6.36 Å². The summed E-state index contributed by atoms with van der Waals surface area (Å²) in [5.74, 6) is -0.0675.